The second kappa shape index (κ2) is 5.66. The Labute approximate surface area is 91.5 Å². The van der Waals surface area contributed by atoms with E-state index < -0.39 is 0 Å². The van der Waals surface area contributed by atoms with E-state index in [4.69, 9.17) is 5.73 Å². The molecule has 0 bridgehead atoms. The van der Waals surface area contributed by atoms with Crippen molar-refractivity contribution in [3.63, 3.8) is 0 Å². The Kier molecular flexibility index (Phi) is 4.50. The molecule has 0 aliphatic rings. The number of nitrogens with two attached hydrogens (primary N) is 1. The fourth-order valence-electron chi connectivity index (χ4n) is 1.46. The fraction of sp³-hybridized carbons (Fsp3) is 0.462. The molecule has 0 amide bonds. The summed E-state index contributed by atoms with van der Waals surface area (Å²) in [5.74, 6) is 0.688. The molecule has 1 rings (SSSR count). The van der Waals surface area contributed by atoms with Crippen LogP contribution in [-0.4, -0.2) is 12.3 Å². The van der Waals surface area contributed by atoms with Crippen molar-refractivity contribution in [3.05, 3.63) is 35.4 Å². The maximum Gasteiger partial charge on any atom is 0.146 e. The van der Waals surface area contributed by atoms with Gasteiger partial charge in [0.2, 0.25) is 0 Å². The third-order valence-electron chi connectivity index (χ3n) is 2.57. The normalized spacial score (nSPS) is 10.7. The van der Waals surface area contributed by atoms with Crippen molar-refractivity contribution in [2.24, 2.45) is 5.73 Å². The molecule has 0 atom stereocenters. The average Bonchev–Trinajstić information content (AvgIpc) is 2.26. The van der Waals surface area contributed by atoms with Crippen LogP contribution in [0.1, 0.15) is 37.3 Å². The van der Waals surface area contributed by atoms with E-state index in [1.165, 1.54) is 11.1 Å². The Morgan fingerprint density at radius 1 is 1.27 bits per heavy atom. The van der Waals surface area contributed by atoms with Crippen LogP contribution < -0.4 is 5.73 Å². The first kappa shape index (κ1) is 11.9. The second-order valence-corrected chi connectivity index (χ2v) is 4.14. The zero-order valence-corrected chi connectivity index (χ0v) is 9.49. The van der Waals surface area contributed by atoms with Gasteiger partial charge < -0.3 is 5.73 Å². The van der Waals surface area contributed by atoms with Crippen molar-refractivity contribution >= 4 is 5.78 Å². The average molecular weight is 205 g/mol. The largest absolute Gasteiger partial charge is 0.324 e. The molecule has 0 fully saturated rings. The van der Waals surface area contributed by atoms with Crippen LogP contribution in [-0.2, 0) is 11.2 Å². The highest BCUT2D eigenvalue weighted by molar-refractivity contribution is 5.80. The molecule has 2 nitrogen and oxygen atoms in total. The van der Waals surface area contributed by atoms with E-state index in [1.54, 1.807) is 0 Å². The lowest BCUT2D eigenvalue weighted by Crippen LogP contribution is -2.13. The minimum absolute atomic E-state index is 0.128. The maximum absolute atomic E-state index is 11.0. The molecule has 0 saturated heterocycles. The van der Waals surface area contributed by atoms with E-state index >= 15 is 0 Å². The van der Waals surface area contributed by atoms with Gasteiger partial charge in [0.05, 0.1) is 6.54 Å². The van der Waals surface area contributed by atoms with Crippen molar-refractivity contribution in [1.29, 1.82) is 0 Å². The molecule has 2 N–H and O–H groups in total. The summed E-state index contributed by atoms with van der Waals surface area (Å²) in [5, 5.41) is 0. The second-order valence-electron chi connectivity index (χ2n) is 4.14. The molecule has 0 radical (unpaired) electrons. The lowest BCUT2D eigenvalue weighted by molar-refractivity contribution is -0.117. The SMILES string of the molecule is CC(C)c1ccc(CCC(=O)CN)cc1. The van der Waals surface area contributed by atoms with Crippen LogP contribution in [0.5, 0.6) is 0 Å². The molecule has 82 valence electrons. The highest BCUT2D eigenvalue weighted by atomic mass is 16.1. The number of benzene rings is 1. The van der Waals surface area contributed by atoms with Gasteiger partial charge in [-0.3, -0.25) is 4.79 Å². The monoisotopic (exact) mass is 205 g/mol. The van der Waals surface area contributed by atoms with Crippen molar-refractivity contribution in [3.8, 4) is 0 Å². The Morgan fingerprint density at radius 3 is 2.33 bits per heavy atom. The maximum atomic E-state index is 11.0. The van der Waals surface area contributed by atoms with E-state index in [0.717, 1.165) is 6.42 Å². The number of ketones is 1. The molecule has 0 saturated carbocycles. The first-order valence-corrected chi connectivity index (χ1v) is 5.44. The van der Waals surface area contributed by atoms with Gasteiger partial charge in [0, 0.05) is 6.42 Å². The third kappa shape index (κ3) is 3.84. The fourth-order valence-corrected chi connectivity index (χ4v) is 1.46. The highest BCUT2D eigenvalue weighted by Crippen LogP contribution is 2.15. The first-order chi connectivity index (χ1) is 7.13. The first-order valence-electron chi connectivity index (χ1n) is 5.44. The van der Waals surface area contributed by atoms with Crippen LogP contribution in [0, 0.1) is 0 Å². The van der Waals surface area contributed by atoms with Gasteiger partial charge in [0.15, 0.2) is 0 Å². The topological polar surface area (TPSA) is 43.1 Å². The van der Waals surface area contributed by atoms with Crippen LogP contribution in [0.25, 0.3) is 0 Å². The summed E-state index contributed by atoms with van der Waals surface area (Å²) in [6, 6.07) is 8.46. The van der Waals surface area contributed by atoms with E-state index in [1.807, 2.05) is 0 Å². The van der Waals surface area contributed by atoms with Crippen LogP contribution in [0.4, 0.5) is 0 Å². The number of carbonyl (C=O) groups excluding carboxylic acids is 1. The molecule has 0 aromatic heterocycles. The molecule has 1 aromatic rings. The van der Waals surface area contributed by atoms with Gasteiger partial charge in [-0.2, -0.15) is 0 Å². The summed E-state index contributed by atoms with van der Waals surface area (Å²) in [7, 11) is 0. The number of hydrogen-bond donors (Lipinski definition) is 1. The van der Waals surface area contributed by atoms with Crippen molar-refractivity contribution in [2.75, 3.05) is 6.54 Å². The summed E-state index contributed by atoms with van der Waals surface area (Å²) in [5.41, 5.74) is 7.80. The van der Waals surface area contributed by atoms with Gasteiger partial charge in [-0.15, -0.1) is 0 Å². The molecule has 0 aliphatic heterocycles. The van der Waals surface area contributed by atoms with Crippen molar-refractivity contribution < 1.29 is 4.79 Å². The molecular weight excluding hydrogens is 186 g/mol. The molecule has 1 aromatic carbocycles. The number of carbonyl (C=O) groups is 1. The van der Waals surface area contributed by atoms with Gasteiger partial charge in [-0.1, -0.05) is 38.1 Å². The van der Waals surface area contributed by atoms with Gasteiger partial charge in [-0.25, -0.2) is 0 Å². The molecule has 15 heavy (non-hydrogen) atoms. The zero-order valence-electron chi connectivity index (χ0n) is 9.49. The summed E-state index contributed by atoms with van der Waals surface area (Å²) in [6.45, 7) is 4.50. The van der Waals surface area contributed by atoms with Gasteiger partial charge >= 0.3 is 0 Å². The highest BCUT2D eigenvalue weighted by Gasteiger charge is 2.01. The minimum Gasteiger partial charge on any atom is -0.324 e. The van der Waals surface area contributed by atoms with Crippen LogP contribution in [0.2, 0.25) is 0 Å². The lowest BCUT2D eigenvalue weighted by atomic mass is 10.00. The van der Waals surface area contributed by atoms with Crippen LogP contribution in [0.15, 0.2) is 24.3 Å². The number of Topliss-reactive ketones (excluding diaryl/α,β-unsaturated/α-hetero) is 1. The lowest BCUT2D eigenvalue weighted by Gasteiger charge is -2.06. The summed E-state index contributed by atoms with van der Waals surface area (Å²) < 4.78 is 0. The summed E-state index contributed by atoms with van der Waals surface area (Å²) in [6.07, 6.45) is 1.35. The van der Waals surface area contributed by atoms with Gasteiger partial charge in [0.1, 0.15) is 5.78 Å². The van der Waals surface area contributed by atoms with E-state index in [0.29, 0.717) is 12.3 Å². The van der Waals surface area contributed by atoms with E-state index in [2.05, 4.69) is 38.1 Å². The minimum atomic E-state index is 0.128. The van der Waals surface area contributed by atoms with E-state index in [9.17, 15) is 4.79 Å². The number of aryl methyl sites for hydroxylation is 1. The Morgan fingerprint density at radius 2 is 1.87 bits per heavy atom. The predicted octanol–water partition coefficient (Wildman–Crippen LogP) is 2.27. The zero-order chi connectivity index (χ0) is 11.3. The molecule has 0 unspecified atom stereocenters. The molecule has 2 heteroatoms. The Balaban J connectivity index is 2.53. The van der Waals surface area contributed by atoms with Gasteiger partial charge in [-0.05, 0) is 23.5 Å². The Bertz CT molecular complexity index is 314. The number of hydrogen-bond acceptors (Lipinski definition) is 2. The molecular formula is C13H19NO. The van der Waals surface area contributed by atoms with Crippen LogP contribution >= 0.6 is 0 Å². The quantitative estimate of drug-likeness (QED) is 0.801. The number of rotatable bonds is 5. The molecule has 0 spiro atoms. The summed E-state index contributed by atoms with van der Waals surface area (Å²) >= 11 is 0. The van der Waals surface area contributed by atoms with Crippen molar-refractivity contribution in [1.82, 2.24) is 0 Å². The summed E-state index contributed by atoms with van der Waals surface area (Å²) in [4.78, 5) is 11.0. The smallest absolute Gasteiger partial charge is 0.146 e. The van der Waals surface area contributed by atoms with Gasteiger partial charge in [0.25, 0.3) is 0 Å². The van der Waals surface area contributed by atoms with Crippen LogP contribution in [0.3, 0.4) is 0 Å². The molecule has 0 heterocycles. The Hall–Kier alpha value is -1.15. The standard InChI is InChI=1S/C13H19NO/c1-10(2)12-6-3-11(4-7-12)5-8-13(15)9-14/h3-4,6-7,10H,5,8-9,14H2,1-2H3. The van der Waals surface area contributed by atoms with E-state index in [-0.39, 0.29) is 12.3 Å². The third-order valence-corrected chi connectivity index (χ3v) is 2.57. The van der Waals surface area contributed by atoms with Crippen molar-refractivity contribution in [2.45, 2.75) is 32.6 Å². The molecule has 0 aliphatic carbocycles. The predicted molar refractivity (Wildman–Crippen MR) is 62.9 cm³/mol.